The van der Waals surface area contributed by atoms with E-state index in [2.05, 4.69) is 20.8 Å². The Balaban J connectivity index is 1.50. The highest BCUT2D eigenvalue weighted by Gasteiger charge is 2.66. The molecule has 5 rings (SSSR count). The van der Waals surface area contributed by atoms with Crippen LogP contribution in [0.1, 0.15) is 88.9 Å². The second-order valence-electron chi connectivity index (χ2n) is 13.2. The quantitative estimate of drug-likeness (QED) is 0.355. The molecule has 204 valence electrons. The smallest absolute Gasteiger partial charge is 0.338 e. The summed E-state index contributed by atoms with van der Waals surface area (Å²) in [5, 5.41) is 11.6. The average molecular weight is 511 g/mol. The lowest BCUT2D eigenvalue weighted by Gasteiger charge is -2.63. The van der Waals surface area contributed by atoms with Gasteiger partial charge < -0.3 is 14.6 Å². The van der Waals surface area contributed by atoms with Gasteiger partial charge in [-0.05, 0) is 98.0 Å². The molecular formula is C32H46O5. The molecule has 0 aromatic heterocycles. The van der Waals surface area contributed by atoms with Gasteiger partial charge in [-0.3, -0.25) is 4.79 Å². The van der Waals surface area contributed by atoms with E-state index in [0.717, 1.165) is 51.6 Å². The molecule has 5 heteroatoms. The van der Waals surface area contributed by atoms with Gasteiger partial charge in [-0.25, -0.2) is 4.79 Å². The topological polar surface area (TPSA) is 72.8 Å². The first kappa shape index (κ1) is 26.9. The number of benzene rings is 1. The summed E-state index contributed by atoms with van der Waals surface area (Å²) in [5.74, 6) is 2.06. The number of hydrogen-bond donors (Lipinski definition) is 1. The molecule has 4 fully saturated rings. The second kappa shape index (κ2) is 10.4. The third-order valence-electron chi connectivity index (χ3n) is 11.6. The molecule has 6 unspecified atom stereocenters. The fourth-order valence-electron chi connectivity index (χ4n) is 9.62. The molecule has 0 amide bonds. The molecule has 0 aliphatic heterocycles. The summed E-state index contributed by atoms with van der Waals surface area (Å²) >= 11 is 0. The number of hydrogen-bond acceptors (Lipinski definition) is 5. The van der Waals surface area contributed by atoms with Gasteiger partial charge in [0.15, 0.2) is 0 Å². The zero-order valence-corrected chi connectivity index (χ0v) is 23.2. The molecule has 0 saturated heterocycles. The predicted octanol–water partition coefficient (Wildman–Crippen LogP) is 6.08. The van der Waals surface area contributed by atoms with Crippen LogP contribution in [0.2, 0.25) is 0 Å². The Morgan fingerprint density at radius 3 is 2.62 bits per heavy atom. The van der Waals surface area contributed by atoms with Crippen molar-refractivity contribution in [1.29, 1.82) is 0 Å². The van der Waals surface area contributed by atoms with Gasteiger partial charge in [-0.2, -0.15) is 0 Å². The first-order valence-electron chi connectivity index (χ1n) is 14.6. The minimum atomic E-state index is -0.383. The van der Waals surface area contributed by atoms with Crippen LogP contribution in [-0.4, -0.2) is 42.8 Å². The summed E-state index contributed by atoms with van der Waals surface area (Å²) in [4.78, 5) is 25.8. The van der Waals surface area contributed by atoms with Crippen molar-refractivity contribution in [3.05, 3.63) is 35.9 Å². The summed E-state index contributed by atoms with van der Waals surface area (Å²) in [6.45, 7) is 7.86. The minimum absolute atomic E-state index is 0.0126. The Morgan fingerprint density at radius 1 is 1.14 bits per heavy atom. The van der Waals surface area contributed by atoms with Crippen molar-refractivity contribution in [3.63, 3.8) is 0 Å². The van der Waals surface area contributed by atoms with Crippen LogP contribution in [0.4, 0.5) is 0 Å². The molecule has 1 N–H and O–H groups in total. The summed E-state index contributed by atoms with van der Waals surface area (Å²) in [6.07, 6.45) is 7.39. The summed E-state index contributed by atoms with van der Waals surface area (Å²) in [6, 6.07) is 9.36. The molecule has 10 atom stereocenters. The fourth-order valence-corrected chi connectivity index (χ4v) is 9.62. The van der Waals surface area contributed by atoms with Crippen molar-refractivity contribution in [3.8, 4) is 0 Å². The number of ketones is 1. The lowest BCUT2D eigenvalue weighted by Crippen LogP contribution is -2.62. The molecule has 4 saturated carbocycles. The van der Waals surface area contributed by atoms with Crippen LogP contribution in [0, 0.1) is 46.3 Å². The maximum Gasteiger partial charge on any atom is 0.338 e. The molecule has 0 spiro atoms. The SMILES string of the molecule is COCCCC(C)C1CCC2C3C(O)C[C@@H]4CC(=O)CC[C@]4(C)C3C[C@H](OC(=O)c3ccccc3)[C@]12C. The largest absolute Gasteiger partial charge is 0.458 e. The van der Waals surface area contributed by atoms with Gasteiger partial charge in [0.05, 0.1) is 11.7 Å². The fraction of sp³-hybridized carbons (Fsp3) is 0.750. The van der Waals surface area contributed by atoms with Crippen molar-refractivity contribution in [2.75, 3.05) is 13.7 Å². The summed E-state index contributed by atoms with van der Waals surface area (Å²) < 4.78 is 11.9. The van der Waals surface area contributed by atoms with Crippen LogP contribution in [-0.2, 0) is 14.3 Å². The molecule has 0 bridgehead atoms. The highest BCUT2D eigenvalue weighted by Crippen LogP contribution is 2.68. The third kappa shape index (κ3) is 4.58. The van der Waals surface area contributed by atoms with Crippen molar-refractivity contribution in [2.45, 2.75) is 90.8 Å². The van der Waals surface area contributed by atoms with E-state index in [4.69, 9.17) is 9.47 Å². The summed E-state index contributed by atoms with van der Waals surface area (Å²) in [7, 11) is 1.76. The maximum atomic E-state index is 13.4. The third-order valence-corrected chi connectivity index (χ3v) is 11.6. The van der Waals surface area contributed by atoms with Gasteiger partial charge in [0, 0.05) is 32.0 Å². The number of ether oxygens (including phenoxy) is 2. The lowest BCUT2D eigenvalue weighted by atomic mass is 9.43. The molecule has 0 radical (unpaired) electrons. The van der Waals surface area contributed by atoms with E-state index in [0.29, 0.717) is 41.9 Å². The van der Waals surface area contributed by atoms with Crippen LogP contribution >= 0.6 is 0 Å². The van der Waals surface area contributed by atoms with Crippen LogP contribution in [0.3, 0.4) is 0 Å². The van der Waals surface area contributed by atoms with E-state index in [1.807, 2.05) is 30.3 Å². The maximum absolute atomic E-state index is 13.4. The number of aliphatic hydroxyl groups is 1. The Kier molecular flexibility index (Phi) is 7.59. The van der Waals surface area contributed by atoms with Crippen molar-refractivity contribution >= 4 is 11.8 Å². The first-order chi connectivity index (χ1) is 17.7. The number of carbonyl (C=O) groups excluding carboxylic acids is 2. The Labute approximate surface area is 222 Å². The number of fused-ring (bicyclic) bond motifs is 5. The molecule has 1 aromatic carbocycles. The van der Waals surface area contributed by atoms with E-state index in [1.165, 1.54) is 0 Å². The highest BCUT2D eigenvalue weighted by atomic mass is 16.5. The first-order valence-corrected chi connectivity index (χ1v) is 14.6. The van der Waals surface area contributed by atoms with Crippen LogP contribution in [0.5, 0.6) is 0 Å². The molecule has 4 aliphatic rings. The number of methoxy groups -OCH3 is 1. The molecule has 5 nitrogen and oxygen atoms in total. The lowest BCUT2D eigenvalue weighted by molar-refractivity contribution is -0.201. The minimum Gasteiger partial charge on any atom is -0.458 e. The summed E-state index contributed by atoms with van der Waals surface area (Å²) in [5.41, 5.74) is 0.439. The monoisotopic (exact) mass is 510 g/mol. The molecule has 37 heavy (non-hydrogen) atoms. The highest BCUT2D eigenvalue weighted by molar-refractivity contribution is 5.89. The van der Waals surface area contributed by atoms with Gasteiger partial charge in [0.25, 0.3) is 0 Å². The average Bonchev–Trinajstić information content (AvgIpc) is 3.24. The molecule has 0 heterocycles. The van der Waals surface area contributed by atoms with Crippen molar-refractivity contribution < 1.29 is 24.2 Å². The van der Waals surface area contributed by atoms with E-state index < -0.39 is 0 Å². The van der Waals surface area contributed by atoms with E-state index in [1.54, 1.807) is 7.11 Å². The Bertz CT molecular complexity index is 977. The van der Waals surface area contributed by atoms with Gasteiger partial charge in [-0.15, -0.1) is 0 Å². The number of Topliss-reactive ketones (excluding diaryl/α,β-unsaturated/α-hetero) is 1. The van der Waals surface area contributed by atoms with Crippen LogP contribution < -0.4 is 0 Å². The van der Waals surface area contributed by atoms with Gasteiger partial charge >= 0.3 is 5.97 Å². The molecule has 1 aromatic rings. The normalized spacial score (nSPS) is 41.9. The van der Waals surface area contributed by atoms with Crippen molar-refractivity contribution in [1.82, 2.24) is 0 Å². The Hall–Kier alpha value is -1.72. The number of carbonyl (C=O) groups is 2. The molecule has 4 aliphatic carbocycles. The van der Waals surface area contributed by atoms with E-state index in [9.17, 15) is 14.7 Å². The second-order valence-corrected chi connectivity index (χ2v) is 13.2. The predicted molar refractivity (Wildman–Crippen MR) is 143 cm³/mol. The van der Waals surface area contributed by atoms with Gasteiger partial charge in [-0.1, -0.05) is 39.0 Å². The van der Waals surface area contributed by atoms with Crippen LogP contribution in [0.25, 0.3) is 0 Å². The number of esters is 1. The molecular weight excluding hydrogens is 464 g/mol. The van der Waals surface area contributed by atoms with E-state index in [-0.39, 0.29) is 46.8 Å². The number of rotatable bonds is 7. The standard InChI is InChI=1S/C32H46O5/c1-20(9-8-16-36-4)24-12-13-25-29-26(31(2)15-14-23(33)17-22(31)18-27(29)34)19-28(32(24,25)3)37-30(35)21-10-6-5-7-11-21/h5-7,10-11,20,22,24-29,34H,8-9,12-19H2,1-4H3/t20?,22-,24?,25?,26?,27?,28-,29?,31-,32+/m0/s1. The van der Waals surface area contributed by atoms with Crippen LogP contribution in [0.15, 0.2) is 30.3 Å². The van der Waals surface area contributed by atoms with Crippen molar-refractivity contribution in [2.24, 2.45) is 46.3 Å². The zero-order chi connectivity index (χ0) is 26.4. The van der Waals surface area contributed by atoms with E-state index >= 15 is 0 Å². The zero-order valence-electron chi connectivity index (χ0n) is 23.2. The van der Waals surface area contributed by atoms with Gasteiger partial charge in [0.1, 0.15) is 11.9 Å². The Morgan fingerprint density at radius 2 is 1.89 bits per heavy atom. The van der Waals surface area contributed by atoms with Gasteiger partial charge in [0.2, 0.25) is 0 Å². The number of aliphatic hydroxyl groups excluding tert-OH is 1.